The normalized spacial score (nSPS) is 19.5. The molecule has 0 aromatic carbocycles. The van der Waals surface area contributed by atoms with Crippen LogP contribution in [0.5, 0.6) is 0 Å². The Balaban J connectivity index is 2.04. The lowest BCUT2D eigenvalue weighted by atomic mass is 10.2. The van der Waals surface area contributed by atoms with Crippen LogP contribution in [0, 0.1) is 0 Å². The van der Waals surface area contributed by atoms with Crippen LogP contribution in [-0.4, -0.2) is 35.9 Å². The highest BCUT2D eigenvalue weighted by Gasteiger charge is 2.19. The molecule has 2 rings (SSSR count). The number of rotatable bonds is 5. The molecule has 17 heavy (non-hydrogen) atoms. The van der Waals surface area contributed by atoms with Crippen LogP contribution in [0.1, 0.15) is 25.5 Å². The van der Waals surface area contributed by atoms with E-state index in [1.54, 1.807) is 0 Å². The first-order valence-corrected chi connectivity index (χ1v) is 6.27. The van der Waals surface area contributed by atoms with Crippen molar-refractivity contribution in [2.75, 3.05) is 24.6 Å². The zero-order valence-corrected chi connectivity index (χ0v) is 10.3. The van der Waals surface area contributed by atoms with Gasteiger partial charge in [0.05, 0.1) is 18.4 Å². The molecule has 0 bridgehead atoms. The smallest absolute Gasteiger partial charge is 0.128 e. The lowest BCUT2D eigenvalue weighted by molar-refractivity contribution is 0.115. The highest BCUT2D eigenvalue weighted by atomic mass is 16.5. The molecule has 1 unspecified atom stereocenters. The molecule has 94 valence electrons. The Morgan fingerprint density at radius 2 is 2.41 bits per heavy atom. The van der Waals surface area contributed by atoms with E-state index < -0.39 is 0 Å². The largest absolute Gasteiger partial charge is 0.390 e. The van der Waals surface area contributed by atoms with Gasteiger partial charge in [0.25, 0.3) is 0 Å². The van der Waals surface area contributed by atoms with E-state index in [0.29, 0.717) is 11.8 Å². The molecule has 1 aromatic heterocycles. The summed E-state index contributed by atoms with van der Waals surface area (Å²) in [5.74, 6) is 0.926. The molecule has 0 spiro atoms. The Kier molecular flexibility index (Phi) is 4.34. The van der Waals surface area contributed by atoms with Gasteiger partial charge in [-0.3, -0.25) is 0 Å². The molecule has 1 atom stereocenters. The number of nitrogens with zero attached hydrogens (tertiary/aromatic N) is 2. The van der Waals surface area contributed by atoms with Gasteiger partial charge in [-0.05, 0) is 31.9 Å². The summed E-state index contributed by atoms with van der Waals surface area (Å²) in [7, 11) is 0. The van der Waals surface area contributed by atoms with Gasteiger partial charge in [-0.1, -0.05) is 6.07 Å². The molecule has 1 fully saturated rings. The van der Waals surface area contributed by atoms with E-state index in [9.17, 15) is 0 Å². The minimum Gasteiger partial charge on any atom is -0.390 e. The van der Waals surface area contributed by atoms with Crippen molar-refractivity contribution in [3.05, 3.63) is 23.9 Å². The molecule has 1 N–H and O–H groups in total. The molecule has 1 aliphatic rings. The van der Waals surface area contributed by atoms with Crippen LogP contribution >= 0.6 is 0 Å². The molecule has 0 amide bonds. The molecule has 1 saturated heterocycles. The maximum atomic E-state index is 9.10. The summed E-state index contributed by atoms with van der Waals surface area (Å²) >= 11 is 0. The van der Waals surface area contributed by atoms with E-state index in [1.165, 1.54) is 0 Å². The third-order valence-corrected chi connectivity index (χ3v) is 3.11. The van der Waals surface area contributed by atoms with Crippen molar-refractivity contribution in [3.63, 3.8) is 0 Å². The maximum absolute atomic E-state index is 9.10. The highest BCUT2D eigenvalue weighted by Crippen LogP contribution is 2.17. The number of hydrogen-bond acceptors (Lipinski definition) is 4. The van der Waals surface area contributed by atoms with Crippen molar-refractivity contribution < 1.29 is 9.84 Å². The fraction of sp³-hybridized carbons (Fsp3) is 0.615. The predicted molar refractivity (Wildman–Crippen MR) is 67.0 cm³/mol. The topological polar surface area (TPSA) is 45.6 Å². The predicted octanol–water partition coefficient (Wildman–Crippen LogP) is 1.58. The van der Waals surface area contributed by atoms with Crippen molar-refractivity contribution in [2.45, 2.75) is 32.5 Å². The average Bonchev–Trinajstić information content (AvgIpc) is 2.89. The molecule has 2 heterocycles. The van der Waals surface area contributed by atoms with Crippen molar-refractivity contribution >= 4 is 5.82 Å². The van der Waals surface area contributed by atoms with Gasteiger partial charge in [-0.25, -0.2) is 4.98 Å². The van der Waals surface area contributed by atoms with Crippen LogP contribution in [0.4, 0.5) is 5.82 Å². The lowest BCUT2D eigenvalue weighted by Gasteiger charge is -2.25. The van der Waals surface area contributed by atoms with E-state index in [1.807, 2.05) is 18.2 Å². The second-order valence-corrected chi connectivity index (χ2v) is 4.32. The summed E-state index contributed by atoms with van der Waals surface area (Å²) in [6, 6.07) is 5.76. The Morgan fingerprint density at radius 1 is 1.53 bits per heavy atom. The number of pyridine rings is 1. The van der Waals surface area contributed by atoms with Crippen LogP contribution in [0.25, 0.3) is 0 Å². The standard InChI is InChI=1S/C13H20N2O2/c1-2-15(9-12-6-4-8-17-12)13-7-3-5-11(10-16)14-13/h3,5,7,12,16H,2,4,6,8-10H2,1H3. The Labute approximate surface area is 102 Å². The molecular formula is C13H20N2O2. The van der Waals surface area contributed by atoms with Gasteiger partial charge in [0.15, 0.2) is 0 Å². The van der Waals surface area contributed by atoms with Gasteiger partial charge < -0.3 is 14.7 Å². The van der Waals surface area contributed by atoms with Crippen LogP contribution in [0.15, 0.2) is 18.2 Å². The lowest BCUT2D eigenvalue weighted by Crippen LogP contribution is -2.32. The van der Waals surface area contributed by atoms with E-state index in [0.717, 1.165) is 38.4 Å². The van der Waals surface area contributed by atoms with Gasteiger partial charge in [0, 0.05) is 19.7 Å². The first kappa shape index (κ1) is 12.3. The van der Waals surface area contributed by atoms with E-state index >= 15 is 0 Å². The Hall–Kier alpha value is -1.13. The summed E-state index contributed by atoms with van der Waals surface area (Å²) in [4.78, 5) is 6.63. The Bertz CT molecular complexity index is 351. The summed E-state index contributed by atoms with van der Waals surface area (Å²) in [5.41, 5.74) is 0.716. The highest BCUT2D eigenvalue weighted by molar-refractivity contribution is 5.39. The first-order valence-electron chi connectivity index (χ1n) is 6.27. The van der Waals surface area contributed by atoms with Gasteiger partial charge in [-0.2, -0.15) is 0 Å². The number of aromatic nitrogens is 1. The molecule has 0 saturated carbocycles. The van der Waals surface area contributed by atoms with Crippen LogP contribution in [-0.2, 0) is 11.3 Å². The summed E-state index contributed by atoms with van der Waals surface area (Å²) in [6.45, 7) is 4.78. The van der Waals surface area contributed by atoms with Crippen LogP contribution in [0.3, 0.4) is 0 Å². The number of aliphatic hydroxyl groups excluding tert-OH is 1. The van der Waals surface area contributed by atoms with Crippen molar-refractivity contribution in [2.24, 2.45) is 0 Å². The molecule has 4 heteroatoms. The minimum absolute atomic E-state index is 0.00861. The fourth-order valence-corrected chi connectivity index (χ4v) is 2.15. The minimum atomic E-state index is -0.00861. The quantitative estimate of drug-likeness (QED) is 0.843. The van der Waals surface area contributed by atoms with E-state index in [-0.39, 0.29) is 6.61 Å². The van der Waals surface area contributed by atoms with Crippen molar-refractivity contribution in [1.29, 1.82) is 0 Å². The van der Waals surface area contributed by atoms with Gasteiger partial charge in [0.2, 0.25) is 0 Å². The van der Waals surface area contributed by atoms with Crippen LogP contribution in [0.2, 0.25) is 0 Å². The Morgan fingerprint density at radius 3 is 3.06 bits per heavy atom. The van der Waals surface area contributed by atoms with E-state index in [4.69, 9.17) is 9.84 Å². The summed E-state index contributed by atoms with van der Waals surface area (Å²) in [6.07, 6.45) is 2.62. The third-order valence-electron chi connectivity index (χ3n) is 3.11. The van der Waals surface area contributed by atoms with Crippen molar-refractivity contribution in [1.82, 2.24) is 4.98 Å². The number of hydrogen-bond donors (Lipinski definition) is 1. The summed E-state index contributed by atoms with van der Waals surface area (Å²) in [5, 5.41) is 9.10. The van der Waals surface area contributed by atoms with Crippen LogP contribution < -0.4 is 4.90 Å². The van der Waals surface area contributed by atoms with E-state index in [2.05, 4.69) is 16.8 Å². The maximum Gasteiger partial charge on any atom is 0.128 e. The average molecular weight is 236 g/mol. The van der Waals surface area contributed by atoms with Crippen molar-refractivity contribution in [3.8, 4) is 0 Å². The number of likely N-dealkylation sites (N-methyl/N-ethyl adjacent to an activating group) is 1. The second-order valence-electron chi connectivity index (χ2n) is 4.32. The first-order chi connectivity index (χ1) is 8.33. The summed E-state index contributed by atoms with van der Waals surface area (Å²) < 4.78 is 5.64. The van der Waals surface area contributed by atoms with Gasteiger partial charge in [0.1, 0.15) is 5.82 Å². The number of anilines is 1. The number of ether oxygens (including phenoxy) is 1. The zero-order chi connectivity index (χ0) is 12.1. The number of aliphatic hydroxyl groups is 1. The molecule has 1 aromatic rings. The molecular weight excluding hydrogens is 216 g/mol. The van der Waals surface area contributed by atoms with Gasteiger partial charge >= 0.3 is 0 Å². The molecule has 0 aliphatic carbocycles. The molecule has 4 nitrogen and oxygen atoms in total. The van der Waals surface area contributed by atoms with Gasteiger partial charge in [-0.15, -0.1) is 0 Å². The second kappa shape index (κ2) is 5.98. The monoisotopic (exact) mass is 236 g/mol. The third kappa shape index (κ3) is 3.17. The zero-order valence-electron chi connectivity index (χ0n) is 10.3. The SMILES string of the molecule is CCN(CC1CCCO1)c1cccc(CO)n1. The molecule has 1 aliphatic heterocycles. The molecule has 0 radical (unpaired) electrons. The fourth-order valence-electron chi connectivity index (χ4n) is 2.15.